The van der Waals surface area contributed by atoms with Crippen LogP contribution in [0.1, 0.15) is 38.9 Å². The van der Waals surface area contributed by atoms with E-state index in [4.69, 9.17) is 9.47 Å². The van der Waals surface area contributed by atoms with Gasteiger partial charge in [0.15, 0.2) is 0 Å². The molecule has 0 unspecified atom stereocenters. The van der Waals surface area contributed by atoms with Crippen molar-refractivity contribution >= 4 is 28.4 Å². The molecule has 6 rings (SSSR count). The van der Waals surface area contributed by atoms with Gasteiger partial charge in [0.1, 0.15) is 17.2 Å². The number of pyridine rings is 1. The van der Waals surface area contributed by atoms with Gasteiger partial charge in [-0.2, -0.15) is 13.2 Å². The van der Waals surface area contributed by atoms with E-state index in [1.807, 2.05) is 53.8 Å². The van der Waals surface area contributed by atoms with Crippen LogP contribution in [0.4, 0.5) is 18.9 Å². The number of aromatic nitrogens is 2. The molecule has 9 nitrogen and oxygen atoms in total. The quantitative estimate of drug-likeness (QED) is 0.184. The van der Waals surface area contributed by atoms with E-state index < -0.39 is 17.6 Å². The summed E-state index contributed by atoms with van der Waals surface area (Å²) in [7, 11) is 1.87. The fourth-order valence-corrected chi connectivity index (χ4v) is 5.63. The number of carbonyl (C=O) groups excluding carboxylic acids is 2. The van der Waals surface area contributed by atoms with Gasteiger partial charge in [-0.05, 0) is 79.2 Å². The first kappa shape index (κ1) is 32.6. The minimum atomic E-state index is -4.48. The molecule has 0 radical (unpaired) electrons. The highest BCUT2D eigenvalue weighted by molar-refractivity contribution is 6.04. The average Bonchev–Trinajstić information content (AvgIpc) is 3.41. The second-order valence-electron chi connectivity index (χ2n) is 11.5. The molecule has 0 atom stereocenters. The molecular formula is C36H34F3N5O4. The second kappa shape index (κ2) is 13.8. The number of carbonyl (C=O) groups is 2. The van der Waals surface area contributed by atoms with Crippen molar-refractivity contribution in [3.8, 4) is 17.4 Å². The van der Waals surface area contributed by atoms with Crippen molar-refractivity contribution in [2.24, 2.45) is 7.05 Å². The summed E-state index contributed by atoms with van der Waals surface area (Å²) in [6, 6.07) is 22.6. The molecule has 0 saturated carbocycles. The van der Waals surface area contributed by atoms with E-state index >= 15 is 0 Å². The van der Waals surface area contributed by atoms with E-state index in [1.54, 1.807) is 18.2 Å². The molecular weight excluding hydrogens is 623 g/mol. The Kier molecular flexibility index (Phi) is 9.35. The Morgan fingerprint density at radius 3 is 2.23 bits per heavy atom. The number of hydrogen-bond acceptors (Lipinski definition) is 6. The molecule has 0 aliphatic carbocycles. The molecule has 12 heteroatoms. The molecule has 3 aromatic carbocycles. The predicted molar refractivity (Wildman–Crippen MR) is 175 cm³/mol. The first-order valence-electron chi connectivity index (χ1n) is 15.5. The van der Waals surface area contributed by atoms with E-state index in [2.05, 4.69) is 27.3 Å². The fraction of sp³-hybridized carbons (Fsp3) is 0.250. The molecule has 1 aliphatic rings. The maximum Gasteiger partial charge on any atom is 0.416 e. The molecule has 1 N–H and O–H groups in total. The molecule has 5 aromatic rings. The Bertz CT molecular complexity index is 1900. The SMILES string of the molecule is CCOc1ccc(CN2CCN(C(=O)c3cc4cc(Oc5ccc(NC(=O)c6ccc(C(F)(F)F)cc6)cn5)ccc4n3C)CC2)cc1. The number of ether oxygens (including phenoxy) is 2. The van der Waals surface area contributed by atoms with Crippen LogP contribution in [0.5, 0.6) is 17.4 Å². The zero-order valence-electron chi connectivity index (χ0n) is 26.5. The molecule has 248 valence electrons. The van der Waals surface area contributed by atoms with Crippen molar-refractivity contribution in [1.82, 2.24) is 19.4 Å². The van der Waals surface area contributed by atoms with Gasteiger partial charge in [0.2, 0.25) is 5.88 Å². The van der Waals surface area contributed by atoms with Crippen LogP contribution in [0.25, 0.3) is 10.9 Å². The first-order chi connectivity index (χ1) is 23.1. The van der Waals surface area contributed by atoms with Gasteiger partial charge in [-0.1, -0.05) is 12.1 Å². The van der Waals surface area contributed by atoms with Crippen LogP contribution in [0.3, 0.4) is 0 Å². The zero-order chi connectivity index (χ0) is 33.8. The highest BCUT2D eigenvalue weighted by Gasteiger charge is 2.30. The molecule has 0 spiro atoms. The van der Waals surface area contributed by atoms with Crippen molar-refractivity contribution in [3.63, 3.8) is 0 Å². The lowest BCUT2D eigenvalue weighted by Gasteiger charge is -2.34. The molecule has 1 fully saturated rings. The molecule has 1 saturated heterocycles. The molecule has 2 amide bonds. The number of anilines is 1. The molecule has 3 heterocycles. The van der Waals surface area contributed by atoms with Gasteiger partial charge in [0.25, 0.3) is 11.8 Å². The predicted octanol–water partition coefficient (Wildman–Crippen LogP) is 6.99. The summed E-state index contributed by atoms with van der Waals surface area (Å²) in [5.74, 6) is 1.07. The van der Waals surface area contributed by atoms with Crippen LogP contribution in [0.2, 0.25) is 0 Å². The molecule has 1 aliphatic heterocycles. The minimum Gasteiger partial charge on any atom is -0.494 e. The van der Waals surface area contributed by atoms with Gasteiger partial charge >= 0.3 is 6.18 Å². The van der Waals surface area contributed by atoms with Crippen LogP contribution in [0.15, 0.2) is 91.1 Å². The highest BCUT2D eigenvalue weighted by atomic mass is 19.4. The number of nitrogens with zero attached hydrogens (tertiary/aromatic N) is 4. The summed E-state index contributed by atoms with van der Waals surface area (Å²) in [6.07, 6.45) is -3.08. The number of amides is 2. The van der Waals surface area contributed by atoms with Gasteiger partial charge < -0.3 is 24.3 Å². The first-order valence-corrected chi connectivity index (χ1v) is 15.5. The number of hydrogen-bond donors (Lipinski definition) is 1. The van der Waals surface area contributed by atoms with E-state index in [-0.39, 0.29) is 17.4 Å². The molecule has 48 heavy (non-hydrogen) atoms. The number of piperazine rings is 1. The number of halogens is 3. The van der Waals surface area contributed by atoms with Gasteiger partial charge in [0.05, 0.1) is 24.1 Å². The molecule has 2 aromatic heterocycles. The maximum absolute atomic E-state index is 13.5. The number of aryl methyl sites for hydroxylation is 1. The fourth-order valence-electron chi connectivity index (χ4n) is 5.63. The topological polar surface area (TPSA) is 88.9 Å². The third kappa shape index (κ3) is 7.44. The second-order valence-corrected chi connectivity index (χ2v) is 11.5. The standard InChI is InChI=1S/C36H34F3N5O4/c1-3-47-29-11-4-24(5-12-29)23-43-16-18-44(19-17-43)35(46)32-21-26-20-30(13-14-31(26)42(32)2)48-33-15-10-28(22-40-33)41-34(45)25-6-8-27(9-7-25)36(37,38)39/h4-15,20-22H,3,16-19,23H2,1-2H3,(H,41,45). The average molecular weight is 658 g/mol. The van der Waals surface area contributed by atoms with Crippen LogP contribution in [-0.4, -0.2) is 64.0 Å². The normalized spacial score (nSPS) is 13.8. The summed E-state index contributed by atoms with van der Waals surface area (Å²) in [4.78, 5) is 34.5. The van der Waals surface area contributed by atoms with Gasteiger partial charge in [-0.15, -0.1) is 0 Å². The van der Waals surface area contributed by atoms with Crippen molar-refractivity contribution < 1.29 is 32.2 Å². The van der Waals surface area contributed by atoms with Crippen LogP contribution in [-0.2, 0) is 19.8 Å². The van der Waals surface area contributed by atoms with E-state index in [1.165, 1.54) is 11.8 Å². The highest BCUT2D eigenvalue weighted by Crippen LogP contribution is 2.30. The van der Waals surface area contributed by atoms with Crippen LogP contribution < -0.4 is 14.8 Å². The van der Waals surface area contributed by atoms with Gasteiger partial charge in [-0.25, -0.2) is 4.98 Å². The number of nitrogens with one attached hydrogen (secondary N) is 1. The smallest absolute Gasteiger partial charge is 0.416 e. The summed E-state index contributed by atoms with van der Waals surface area (Å²) in [5.41, 5.74) is 2.29. The Labute approximate surface area is 275 Å². The van der Waals surface area contributed by atoms with Crippen molar-refractivity contribution in [1.29, 1.82) is 0 Å². The zero-order valence-corrected chi connectivity index (χ0v) is 26.5. The van der Waals surface area contributed by atoms with Gasteiger partial charge in [-0.3, -0.25) is 14.5 Å². The summed E-state index contributed by atoms with van der Waals surface area (Å²) in [5, 5.41) is 3.45. The third-order valence-electron chi connectivity index (χ3n) is 8.22. The maximum atomic E-state index is 13.5. The Morgan fingerprint density at radius 1 is 0.875 bits per heavy atom. The summed E-state index contributed by atoms with van der Waals surface area (Å²) < 4.78 is 51.8. The lowest BCUT2D eigenvalue weighted by atomic mass is 10.1. The lowest BCUT2D eigenvalue weighted by Crippen LogP contribution is -2.48. The van der Waals surface area contributed by atoms with Crippen molar-refractivity contribution in [2.45, 2.75) is 19.6 Å². The summed E-state index contributed by atoms with van der Waals surface area (Å²) in [6.45, 7) is 6.26. The lowest BCUT2D eigenvalue weighted by molar-refractivity contribution is -0.137. The van der Waals surface area contributed by atoms with Crippen LogP contribution >= 0.6 is 0 Å². The van der Waals surface area contributed by atoms with E-state index in [0.29, 0.717) is 36.8 Å². The van der Waals surface area contributed by atoms with Crippen molar-refractivity contribution in [3.05, 3.63) is 114 Å². The number of benzene rings is 3. The summed E-state index contributed by atoms with van der Waals surface area (Å²) >= 11 is 0. The minimum absolute atomic E-state index is 0.0208. The number of rotatable bonds is 9. The third-order valence-corrected chi connectivity index (χ3v) is 8.22. The number of fused-ring (bicyclic) bond motifs is 1. The Hall–Kier alpha value is -5.36. The Balaban J connectivity index is 1.04. The monoisotopic (exact) mass is 657 g/mol. The molecule has 0 bridgehead atoms. The van der Waals surface area contributed by atoms with E-state index in [0.717, 1.165) is 60.6 Å². The van der Waals surface area contributed by atoms with Crippen LogP contribution in [0, 0.1) is 0 Å². The van der Waals surface area contributed by atoms with Crippen molar-refractivity contribution in [2.75, 3.05) is 38.1 Å². The Morgan fingerprint density at radius 2 is 1.58 bits per heavy atom. The van der Waals surface area contributed by atoms with Gasteiger partial charge in [0, 0.05) is 62.3 Å². The van der Waals surface area contributed by atoms with E-state index in [9.17, 15) is 22.8 Å². The largest absolute Gasteiger partial charge is 0.494 e. The number of alkyl halides is 3.